The van der Waals surface area contributed by atoms with E-state index in [0.29, 0.717) is 10.0 Å². The molecule has 2 N–H and O–H groups in total. The van der Waals surface area contributed by atoms with Gasteiger partial charge in [-0.3, -0.25) is 20.4 Å². The summed E-state index contributed by atoms with van der Waals surface area (Å²) in [7, 11) is 0. The molecule has 5 nitrogen and oxygen atoms in total. The molecule has 0 aromatic heterocycles. The van der Waals surface area contributed by atoms with E-state index < -0.39 is 18.4 Å². The summed E-state index contributed by atoms with van der Waals surface area (Å²) in [6.07, 6.45) is 0. The zero-order valence-electron chi connectivity index (χ0n) is 11.6. The van der Waals surface area contributed by atoms with E-state index in [2.05, 4.69) is 31.5 Å². The van der Waals surface area contributed by atoms with Crippen LogP contribution in [0, 0.1) is 0 Å². The Labute approximate surface area is 138 Å². The van der Waals surface area contributed by atoms with Crippen LogP contribution < -0.4 is 15.6 Å². The minimum Gasteiger partial charge on any atom is -0.434 e. The van der Waals surface area contributed by atoms with E-state index in [1.54, 1.807) is 24.3 Å². The number of nitrogens with one attached hydrogen (secondary N) is 2. The summed E-state index contributed by atoms with van der Waals surface area (Å²) in [5.41, 5.74) is 4.55. The molecule has 2 rings (SSSR count). The molecule has 2 aromatic carbocycles. The minimum atomic E-state index is -3.06. The van der Waals surface area contributed by atoms with Gasteiger partial charge in [0.25, 0.3) is 11.8 Å². The summed E-state index contributed by atoms with van der Waals surface area (Å²) >= 11 is 3.22. The van der Waals surface area contributed by atoms with Gasteiger partial charge in [0.2, 0.25) is 0 Å². The first kappa shape index (κ1) is 16.9. The number of halogens is 3. The van der Waals surface area contributed by atoms with E-state index in [4.69, 9.17) is 0 Å². The monoisotopic (exact) mass is 384 g/mol. The molecule has 0 atom stereocenters. The highest BCUT2D eigenvalue weighted by molar-refractivity contribution is 9.10. The van der Waals surface area contributed by atoms with Gasteiger partial charge in [0.15, 0.2) is 0 Å². The number of benzene rings is 2. The predicted molar refractivity (Wildman–Crippen MR) is 82.1 cm³/mol. The average Bonchev–Trinajstić information content (AvgIpc) is 2.52. The van der Waals surface area contributed by atoms with Crippen molar-refractivity contribution in [2.24, 2.45) is 0 Å². The third-order valence-electron chi connectivity index (χ3n) is 2.72. The number of hydrogen-bond donors (Lipinski definition) is 2. The largest absolute Gasteiger partial charge is 0.434 e. The van der Waals surface area contributed by atoms with Gasteiger partial charge in [-0.05, 0) is 30.3 Å². The molecule has 0 heterocycles. The number of amides is 2. The van der Waals surface area contributed by atoms with Gasteiger partial charge in [-0.25, -0.2) is 0 Å². The maximum absolute atomic E-state index is 12.3. The molecular formula is C15H11BrF2N2O3. The van der Waals surface area contributed by atoms with Crippen LogP contribution in [0.15, 0.2) is 53.0 Å². The fraction of sp³-hybridized carbons (Fsp3) is 0.0667. The van der Waals surface area contributed by atoms with Crippen LogP contribution in [0.4, 0.5) is 8.78 Å². The Morgan fingerprint density at radius 1 is 1.00 bits per heavy atom. The Morgan fingerprint density at radius 3 is 2.39 bits per heavy atom. The first-order valence-corrected chi connectivity index (χ1v) is 7.17. The zero-order chi connectivity index (χ0) is 16.8. The van der Waals surface area contributed by atoms with Gasteiger partial charge in [0.05, 0.1) is 5.56 Å². The van der Waals surface area contributed by atoms with Crippen LogP contribution >= 0.6 is 15.9 Å². The van der Waals surface area contributed by atoms with Crippen molar-refractivity contribution in [3.05, 3.63) is 64.1 Å². The van der Waals surface area contributed by atoms with Crippen molar-refractivity contribution >= 4 is 27.7 Å². The van der Waals surface area contributed by atoms with Crippen molar-refractivity contribution in [3.8, 4) is 5.75 Å². The SMILES string of the molecule is O=C(NNC(=O)c1ccccc1OC(F)F)c1cccc(Br)c1. The highest BCUT2D eigenvalue weighted by Crippen LogP contribution is 2.19. The fourth-order valence-electron chi connectivity index (χ4n) is 1.74. The smallest absolute Gasteiger partial charge is 0.387 e. The molecule has 8 heteroatoms. The molecule has 2 amide bonds. The van der Waals surface area contributed by atoms with Crippen LogP contribution in [0.2, 0.25) is 0 Å². The van der Waals surface area contributed by atoms with Crippen LogP contribution in [0.3, 0.4) is 0 Å². The van der Waals surface area contributed by atoms with E-state index in [0.717, 1.165) is 0 Å². The summed E-state index contributed by atoms with van der Waals surface area (Å²) in [5.74, 6) is -1.60. The maximum atomic E-state index is 12.3. The molecule has 0 saturated heterocycles. The lowest BCUT2D eigenvalue weighted by Crippen LogP contribution is -2.41. The molecule has 0 aliphatic heterocycles. The van der Waals surface area contributed by atoms with Crippen molar-refractivity contribution < 1.29 is 23.1 Å². The number of carbonyl (C=O) groups excluding carboxylic acids is 2. The summed E-state index contributed by atoms with van der Waals surface area (Å²) in [5, 5.41) is 0. The van der Waals surface area contributed by atoms with E-state index in [-0.39, 0.29) is 11.3 Å². The van der Waals surface area contributed by atoms with Crippen LogP contribution in [0.1, 0.15) is 20.7 Å². The van der Waals surface area contributed by atoms with Gasteiger partial charge in [0.1, 0.15) is 5.75 Å². The second-order valence-electron chi connectivity index (χ2n) is 4.29. The zero-order valence-corrected chi connectivity index (χ0v) is 13.1. The summed E-state index contributed by atoms with van der Waals surface area (Å²) in [6, 6.07) is 12.0. The Bertz CT molecular complexity index is 725. The van der Waals surface area contributed by atoms with E-state index in [1.807, 2.05) is 0 Å². The molecule has 0 fully saturated rings. The quantitative estimate of drug-likeness (QED) is 0.795. The summed E-state index contributed by atoms with van der Waals surface area (Å²) < 4.78 is 29.6. The maximum Gasteiger partial charge on any atom is 0.387 e. The van der Waals surface area contributed by atoms with Gasteiger partial charge in [-0.1, -0.05) is 34.1 Å². The fourth-order valence-corrected chi connectivity index (χ4v) is 2.13. The lowest BCUT2D eigenvalue weighted by Gasteiger charge is -2.11. The molecule has 0 unspecified atom stereocenters. The van der Waals surface area contributed by atoms with Crippen LogP contribution in [-0.2, 0) is 0 Å². The molecule has 23 heavy (non-hydrogen) atoms. The standard InChI is InChI=1S/C15H11BrF2N2O3/c16-10-5-3-4-9(8-10)13(21)19-20-14(22)11-6-1-2-7-12(11)23-15(17)18/h1-8,15H,(H,19,21)(H,20,22). The normalized spacial score (nSPS) is 10.3. The Hall–Kier alpha value is -2.48. The second-order valence-corrected chi connectivity index (χ2v) is 5.21. The lowest BCUT2D eigenvalue weighted by atomic mass is 10.2. The van der Waals surface area contributed by atoms with Crippen LogP contribution in [0.5, 0.6) is 5.75 Å². The Balaban J connectivity index is 2.04. The molecule has 0 spiro atoms. The predicted octanol–water partition coefficient (Wildman–Crippen LogP) is 3.13. The highest BCUT2D eigenvalue weighted by atomic mass is 79.9. The number of hydrogen-bond acceptors (Lipinski definition) is 3. The van der Waals surface area contributed by atoms with Gasteiger partial charge in [-0.2, -0.15) is 8.78 Å². The number of alkyl halides is 2. The average molecular weight is 385 g/mol. The second kappa shape index (κ2) is 7.68. The third-order valence-corrected chi connectivity index (χ3v) is 3.22. The minimum absolute atomic E-state index is 0.123. The summed E-state index contributed by atoms with van der Waals surface area (Å²) in [4.78, 5) is 23.9. The Morgan fingerprint density at radius 2 is 1.70 bits per heavy atom. The van der Waals surface area contributed by atoms with E-state index in [9.17, 15) is 18.4 Å². The van der Waals surface area contributed by atoms with Crippen LogP contribution in [-0.4, -0.2) is 18.4 Å². The topological polar surface area (TPSA) is 67.4 Å². The van der Waals surface area contributed by atoms with Gasteiger partial charge >= 0.3 is 6.61 Å². The molecule has 0 aliphatic carbocycles. The van der Waals surface area contributed by atoms with Crippen LogP contribution in [0.25, 0.3) is 0 Å². The van der Waals surface area contributed by atoms with Crippen molar-refractivity contribution in [1.82, 2.24) is 10.9 Å². The molecule has 120 valence electrons. The van der Waals surface area contributed by atoms with E-state index >= 15 is 0 Å². The molecule has 0 radical (unpaired) electrons. The third kappa shape index (κ3) is 4.75. The number of hydrazine groups is 1. The molecule has 0 aliphatic rings. The highest BCUT2D eigenvalue weighted by Gasteiger charge is 2.16. The van der Waals surface area contributed by atoms with Gasteiger partial charge < -0.3 is 4.74 Å². The van der Waals surface area contributed by atoms with Crippen molar-refractivity contribution in [2.45, 2.75) is 6.61 Å². The number of ether oxygens (including phenoxy) is 1. The van der Waals surface area contributed by atoms with Crippen molar-refractivity contribution in [2.75, 3.05) is 0 Å². The van der Waals surface area contributed by atoms with Gasteiger partial charge in [-0.15, -0.1) is 0 Å². The first-order valence-electron chi connectivity index (χ1n) is 6.37. The van der Waals surface area contributed by atoms with Crippen molar-refractivity contribution in [1.29, 1.82) is 0 Å². The first-order chi connectivity index (χ1) is 11.0. The lowest BCUT2D eigenvalue weighted by molar-refractivity contribution is -0.0501. The van der Waals surface area contributed by atoms with Gasteiger partial charge in [0, 0.05) is 10.0 Å². The van der Waals surface area contributed by atoms with Crippen molar-refractivity contribution in [3.63, 3.8) is 0 Å². The Kier molecular flexibility index (Phi) is 5.64. The number of para-hydroxylation sites is 1. The molecule has 0 bridgehead atoms. The molecular weight excluding hydrogens is 374 g/mol. The molecule has 2 aromatic rings. The summed E-state index contributed by atoms with van der Waals surface area (Å²) in [6.45, 7) is -3.06. The molecule has 0 saturated carbocycles. The number of rotatable bonds is 4. The van der Waals surface area contributed by atoms with E-state index in [1.165, 1.54) is 24.3 Å². The number of carbonyl (C=O) groups is 2.